The average Bonchev–Trinajstić information content (AvgIpc) is 2.32. The highest BCUT2D eigenvalue weighted by Crippen LogP contribution is 2.20. The molecule has 2 aromatic rings. The van der Waals surface area contributed by atoms with Gasteiger partial charge < -0.3 is 0 Å². The zero-order valence-electron chi connectivity index (χ0n) is 9.29. The molecule has 0 aliphatic carbocycles. The van der Waals surface area contributed by atoms with Crippen LogP contribution in [0.15, 0.2) is 42.5 Å². The predicted octanol–water partition coefficient (Wildman–Crippen LogP) is 4.51. The summed E-state index contributed by atoms with van der Waals surface area (Å²) >= 11 is 7.96. The van der Waals surface area contributed by atoms with Crippen LogP contribution < -0.4 is 0 Å². The first-order chi connectivity index (χ1) is 8.56. The third kappa shape index (κ3) is 3.29. The van der Waals surface area contributed by atoms with Gasteiger partial charge in [0.1, 0.15) is 5.82 Å². The molecule has 0 heterocycles. The van der Waals surface area contributed by atoms with E-state index in [1.807, 2.05) is 0 Å². The molecule has 4 heteroatoms. The van der Waals surface area contributed by atoms with Gasteiger partial charge in [-0.3, -0.25) is 4.79 Å². The molecule has 0 spiro atoms. The van der Waals surface area contributed by atoms with Crippen molar-refractivity contribution >= 4 is 40.0 Å². The number of ketones is 1. The maximum Gasteiger partial charge on any atom is 0.168 e. The Morgan fingerprint density at radius 1 is 1.22 bits per heavy atom. The predicted molar refractivity (Wildman–Crippen MR) is 78.6 cm³/mol. The average molecular weight is 375 g/mol. The van der Waals surface area contributed by atoms with Crippen molar-refractivity contribution in [3.8, 4) is 0 Å². The molecular weight excluding hydrogens is 366 g/mol. The summed E-state index contributed by atoms with van der Waals surface area (Å²) in [6.45, 7) is 0. The van der Waals surface area contributed by atoms with E-state index in [0.29, 0.717) is 16.1 Å². The molecule has 0 aliphatic rings. The van der Waals surface area contributed by atoms with Gasteiger partial charge in [0, 0.05) is 20.6 Å². The minimum Gasteiger partial charge on any atom is -0.294 e. The van der Waals surface area contributed by atoms with E-state index in [1.165, 1.54) is 12.1 Å². The summed E-state index contributed by atoms with van der Waals surface area (Å²) < 4.78 is 13.9. The highest BCUT2D eigenvalue weighted by Gasteiger charge is 2.11. The van der Waals surface area contributed by atoms with Gasteiger partial charge in [-0.1, -0.05) is 23.7 Å². The van der Waals surface area contributed by atoms with E-state index in [2.05, 4.69) is 22.6 Å². The summed E-state index contributed by atoms with van der Waals surface area (Å²) in [5.74, 6) is -0.395. The largest absolute Gasteiger partial charge is 0.294 e. The van der Waals surface area contributed by atoms with Crippen molar-refractivity contribution < 1.29 is 9.18 Å². The molecule has 0 N–H and O–H groups in total. The number of carbonyl (C=O) groups excluding carboxylic acids is 1. The fourth-order valence-electron chi connectivity index (χ4n) is 1.64. The summed E-state index contributed by atoms with van der Waals surface area (Å²) in [5.41, 5.74) is 1.24. The normalized spacial score (nSPS) is 10.4. The molecule has 1 nitrogen and oxygen atoms in total. The molecule has 0 atom stereocenters. The standard InChI is InChI=1S/C14H9ClFIO/c15-10-4-5-13(17)12(8-10)14(18)7-9-2-1-3-11(16)6-9/h1-6,8H,7H2. The van der Waals surface area contributed by atoms with Crippen LogP contribution in [0, 0.1) is 9.39 Å². The van der Waals surface area contributed by atoms with E-state index in [9.17, 15) is 9.18 Å². The van der Waals surface area contributed by atoms with Crippen LogP contribution in [0.5, 0.6) is 0 Å². The maximum absolute atomic E-state index is 13.0. The van der Waals surface area contributed by atoms with E-state index < -0.39 is 0 Å². The van der Waals surface area contributed by atoms with Crippen LogP contribution in [0.3, 0.4) is 0 Å². The third-order valence-electron chi connectivity index (χ3n) is 2.48. The van der Waals surface area contributed by atoms with Crippen molar-refractivity contribution in [2.75, 3.05) is 0 Å². The third-order valence-corrected chi connectivity index (χ3v) is 3.66. The van der Waals surface area contributed by atoms with Gasteiger partial charge in [0.05, 0.1) is 0 Å². The maximum atomic E-state index is 13.0. The van der Waals surface area contributed by atoms with E-state index in [0.717, 1.165) is 3.57 Å². The van der Waals surface area contributed by atoms with Crippen LogP contribution in [-0.2, 0) is 6.42 Å². The van der Waals surface area contributed by atoms with Gasteiger partial charge in [-0.15, -0.1) is 0 Å². The topological polar surface area (TPSA) is 17.1 Å². The molecule has 0 saturated heterocycles. The van der Waals surface area contributed by atoms with Crippen molar-refractivity contribution in [2.45, 2.75) is 6.42 Å². The van der Waals surface area contributed by atoms with Gasteiger partial charge in [-0.25, -0.2) is 4.39 Å². The van der Waals surface area contributed by atoms with Crippen molar-refractivity contribution in [1.29, 1.82) is 0 Å². The SMILES string of the molecule is O=C(Cc1cccc(F)c1)c1cc(Cl)ccc1I. The van der Waals surface area contributed by atoms with E-state index in [1.54, 1.807) is 30.3 Å². The molecule has 0 bridgehead atoms. The van der Waals surface area contributed by atoms with Crippen LogP contribution >= 0.6 is 34.2 Å². The van der Waals surface area contributed by atoms with Crippen LogP contribution in [0.4, 0.5) is 4.39 Å². The highest BCUT2D eigenvalue weighted by atomic mass is 127. The van der Waals surface area contributed by atoms with Gasteiger partial charge in [0.25, 0.3) is 0 Å². The first kappa shape index (κ1) is 13.5. The molecular formula is C14H9ClFIO. The molecule has 18 heavy (non-hydrogen) atoms. The Morgan fingerprint density at radius 3 is 2.72 bits per heavy atom. The molecule has 2 rings (SSSR count). The molecule has 2 aromatic carbocycles. The van der Waals surface area contributed by atoms with Crippen LogP contribution in [0.2, 0.25) is 5.02 Å². The Bertz CT molecular complexity index is 598. The van der Waals surface area contributed by atoms with Crippen LogP contribution in [0.25, 0.3) is 0 Å². The second-order valence-electron chi connectivity index (χ2n) is 3.85. The lowest BCUT2D eigenvalue weighted by molar-refractivity contribution is 0.0992. The lowest BCUT2D eigenvalue weighted by Gasteiger charge is -2.05. The molecule has 0 fully saturated rings. The van der Waals surface area contributed by atoms with Gasteiger partial charge in [-0.2, -0.15) is 0 Å². The zero-order valence-corrected chi connectivity index (χ0v) is 12.2. The van der Waals surface area contributed by atoms with Gasteiger partial charge in [0.15, 0.2) is 5.78 Å². The van der Waals surface area contributed by atoms with Crippen molar-refractivity contribution in [2.24, 2.45) is 0 Å². The smallest absolute Gasteiger partial charge is 0.168 e. The number of benzene rings is 2. The monoisotopic (exact) mass is 374 g/mol. The second-order valence-corrected chi connectivity index (χ2v) is 5.45. The van der Waals surface area contributed by atoms with Gasteiger partial charge >= 0.3 is 0 Å². The fraction of sp³-hybridized carbons (Fsp3) is 0.0714. The molecule has 92 valence electrons. The minimum atomic E-state index is -0.332. The Kier molecular flexibility index (Phi) is 4.35. The van der Waals surface area contributed by atoms with E-state index in [-0.39, 0.29) is 18.0 Å². The molecule has 0 saturated carbocycles. The van der Waals surface area contributed by atoms with E-state index in [4.69, 9.17) is 11.6 Å². The lowest BCUT2D eigenvalue weighted by atomic mass is 10.0. The summed E-state index contributed by atoms with van der Waals surface area (Å²) in [6, 6.07) is 11.2. The lowest BCUT2D eigenvalue weighted by Crippen LogP contribution is -2.05. The number of rotatable bonds is 3. The first-order valence-corrected chi connectivity index (χ1v) is 6.74. The van der Waals surface area contributed by atoms with Crippen LogP contribution in [0.1, 0.15) is 15.9 Å². The number of carbonyl (C=O) groups is 1. The van der Waals surface area contributed by atoms with E-state index >= 15 is 0 Å². The first-order valence-electron chi connectivity index (χ1n) is 5.29. The molecule has 0 aromatic heterocycles. The van der Waals surface area contributed by atoms with Crippen molar-refractivity contribution in [3.05, 3.63) is 68.0 Å². The van der Waals surface area contributed by atoms with Gasteiger partial charge in [-0.05, 0) is 58.5 Å². The molecule has 0 aliphatic heterocycles. The molecule has 0 unspecified atom stereocenters. The zero-order chi connectivity index (χ0) is 13.1. The molecule has 0 amide bonds. The highest BCUT2D eigenvalue weighted by molar-refractivity contribution is 14.1. The Hall–Kier alpha value is -0.940. The second kappa shape index (κ2) is 5.80. The summed E-state index contributed by atoms with van der Waals surface area (Å²) in [7, 11) is 0. The van der Waals surface area contributed by atoms with Crippen molar-refractivity contribution in [1.82, 2.24) is 0 Å². The Labute approximate surface area is 123 Å². The number of Topliss-reactive ketones (excluding diaryl/α,β-unsaturated/α-hetero) is 1. The quantitative estimate of drug-likeness (QED) is 0.571. The minimum absolute atomic E-state index is 0.0625. The number of hydrogen-bond donors (Lipinski definition) is 0. The fourth-order valence-corrected chi connectivity index (χ4v) is 2.45. The number of halogens is 3. The van der Waals surface area contributed by atoms with Crippen molar-refractivity contribution in [3.63, 3.8) is 0 Å². The summed E-state index contributed by atoms with van der Waals surface area (Å²) in [5, 5.41) is 0.526. The Balaban J connectivity index is 2.24. The Morgan fingerprint density at radius 2 is 2.00 bits per heavy atom. The van der Waals surface area contributed by atoms with Gasteiger partial charge in [0.2, 0.25) is 0 Å². The van der Waals surface area contributed by atoms with Crippen LogP contribution in [-0.4, -0.2) is 5.78 Å². The molecule has 0 radical (unpaired) electrons. The number of hydrogen-bond acceptors (Lipinski definition) is 1. The summed E-state index contributed by atoms with van der Waals surface area (Å²) in [4.78, 5) is 12.1. The summed E-state index contributed by atoms with van der Waals surface area (Å²) in [6.07, 6.45) is 0.175.